The summed E-state index contributed by atoms with van der Waals surface area (Å²) in [6.45, 7) is 4.21. The van der Waals surface area contributed by atoms with Crippen LogP contribution in [0.1, 0.15) is 39.5 Å². The maximum absolute atomic E-state index is 10.2. The Morgan fingerprint density at radius 3 is 2.27 bits per heavy atom. The van der Waals surface area contributed by atoms with Crippen LogP contribution in [0, 0.1) is 5.92 Å². The van der Waals surface area contributed by atoms with E-state index in [9.17, 15) is 4.79 Å². The summed E-state index contributed by atoms with van der Waals surface area (Å²) in [4.78, 5) is 10.2. The van der Waals surface area contributed by atoms with Crippen LogP contribution in [-0.4, -0.2) is 19.4 Å². The Hall–Kier alpha value is -0.990. The van der Waals surface area contributed by atoms with Crippen molar-refractivity contribution >= 4 is 6.16 Å². The summed E-state index contributed by atoms with van der Waals surface area (Å²) in [5.74, 6) is 1.08. The Bertz CT molecular complexity index is 225. The predicted molar refractivity (Wildman–Crippen MR) is 58.7 cm³/mol. The summed E-state index contributed by atoms with van der Waals surface area (Å²) < 4.78 is 8.84. The lowest BCUT2D eigenvalue weighted by Crippen LogP contribution is -2.05. The summed E-state index contributed by atoms with van der Waals surface area (Å²) in [5.41, 5.74) is 1.74. The molecular formula is C12H20O3. The summed E-state index contributed by atoms with van der Waals surface area (Å²) in [7, 11) is 0. The summed E-state index contributed by atoms with van der Waals surface area (Å²) in [6, 6.07) is 0. The molecule has 1 atom stereocenters. The molecule has 2 aliphatic rings. The van der Waals surface area contributed by atoms with Gasteiger partial charge in [-0.25, -0.2) is 4.79 Å². The van der Waals surface area contributed by atoms with E-state index >= 15 is 0 Å². The van der Waals surface area contributed by atoms with Crippen molar-refractivity contribution in [1.82, 2.24) is 0 Å². The van der Waals surface area contributed by atoms with Crippen LogP contribution >= 0.6 is 0 Å². The minimum absolute atomic E-state index is 0.374. The number of rotatable bonds is 2. The fraction of sp³-hybridized carbons (Fsp3) is 0.750. The van der Waals surface area contributed by atoms with E-state index in [-0.39, 0.29) is 0 Å². The first kappa shape index (κ1) is 12.1. The largest absolute Gasteiger partial charge is 0.508 e. The smallest absolute Gasteiger partial charge is 0.435 e. The molecule has 3 nitrogen and oxygen atoms in total. The average molecular weight is 212 g/mol. The standard InChI is InChI=1S/C7H10.C5H10O3/c1-2-7-4-3-6(1)5-7;1-3-7-5(6)8-4-2/h1,7H,2-5H2;3-4H2,1-2H3. The molecule has 1 unspecified atom stereocenters. The van der Waals surface area contributed by atoms with Gasteiger partial charge in [0, 0.05) is 0 Å². The number of carbonyl (C=O) groups excluding carboxylic acids is 1. The van der Waals surface area contributed by atoms with E-state index in [1.54, 1.807) is 19.4 Å². The van der Waals surface area contributed by atoms with E-state index < -0.39 is 6.16 Å². The Balaban J connectivity index is 0.000000150. The van der Waals surface area contributed by atoms with Gasteiger partial charge in [-0.15, -0.1) is 0 Å². The molecule has 0 N–H and O–H groups in total. The van der Waals surface area contributed by atoms with Crippen LogP contribution in [0.4, 0.5) is 4.79 Å². The number of carbonyl (C=O) groups is 1. The lowest BCUT2D eigenvalue weighted by Gasteiger charge is -1.98. The zero-order valence-electron chi connectivity index (χ0n) is 9.62. The van der Waals surface area contributed by atoms with Gasteiger partial charge in [-0.3, -0.25) is 0 Å². The van der Waals surface area contributed by atoms with E-state index in [1.165, 1.54) is 25.7 Å². The summed E-state index contributed by atoms with van der Waals surface area (Å²) in [6.07, 6.45) is 7.59. The van der Waals surface area contributed by atoms with E-state index in [0.717, 1.165) is 5.92 Å². The Labute approximate surface area is 91.4 Å². The van der Waals surface area contributed by atoms with Crippen LogP contribution in [0.3, 0.4) is 0 Å². The Morgan fingerprint density at radius 1 is 1.40 bits per heavy atom. The first-order chi connectivity index (χ1) is 7.26. The molecule has 0 amide bonds. The summed E-state index contributed by atoms with van der Waals surface area (Å²) in [5, 5.41) is 0. The zero-order chi connectivity index (χ0) is 11.1. The molecule has 0 saturated heterocycles. The van der Waals surface area contributed by atoms with E-state index in [2.05, 4.69) is 15.5 Å². The molecule has 2 bridgehead atoms. The second-order valence-electron chi connectivity index (χ2n) is 3.82. The second kappa shape index (κ2) is 6.49. The second-order valence-corrected chi connectivity index (χ2v) is 3.82. The zero-order valence-corrected chi connectivity index (χ0v) is 9.62. The van der Waals surface area contributed by atoms with E-state index in [1.807, 2.05) is 0 Å². The normalized spacial score (nSPS) is 21.5. The molecule has 0 aliphatic heterocycles. The molecule has 0 aromatic carbocycles. The molecule has 0 aromatic rings. The van der Waals surface area contributed by atoms with Crippen LogP contribution < -0.4 is 0 Å². The predicted octanol–water partition coefficient (Wildman–Crippen LogP) is 3.30. The molecule has 1 fully saturated rings. The van der Waals surface area contributed by atoms with Gasteiger partial charge < -0.3 is 9.47 Å². The van der Waals surface area contributed by atoms with Crippen molar-refractivity contribution in [2.75, 3.05) is 13.2 Å². The maximum atomic E-state index is 10.2. The van der Waals surface area contributed by atoms with Crippen molar-refractivity contribution in [3.05, 3.63) is 11.6 Å². The number of hydrogen-bond acceptors (Lipinski definition) is 3. The first-order valence-corrected chi connectivity index (χ1v) is 5.73. The first-order valence-electron chi connectivity index (χ1n) is 5.73. The van der Waals surface area contributed by atoms with Gasteiger partial charge in [0.2, 0.25) is 0 Å². The highest BCUT2D eigenvalue weighted by atomic mass is 16.7. The van der Waals surface area contributed by atoms with Gasteiger partial charge in [-0.1, -0.05) is 11.6 Å². The number of hydrogen-bond donors (Lipinski definition) is 0. The quantitative estimate of drug-likeness (QED) is 0.520. The highest BCUT2D eigenvalue weighted by molar-refractivity contribution is 5.59. The van der Waals surface area contributed by atoms with Crippen LogP contribution in [0.15, 0.2) is 11.6 Å². The third-order valence-corrected chi connectivity index (χ3v) is 2.69. The molecule has 3 heteroatoms. The number of ether oxygens (including phenoxy) is 2. The van der Waals surface area contributed by atoms with Crippen molar-refractivity contribution in [3.8, 4) is 0 Å². The summed E-state index contributed by atoms with van der Waals surface area (Å²) >= 11 is 0. The molecule has 1 saturated carbocycles. The average Bonchev–Trinajstić information content (AvgIpc) is 2.82. The van der Waals surface area contributed by atoms with Gasteiger partial charge >= 0.3 is 6.16 Å². The van der Waals surface area contributed by atoms with Crippen LogP contribution in [0.25, 0.3) is 0 Å². The van der Waals surface area contributed by atoms with E-state index in [4.69, 9.17) is 0 Å². The fourth-order valence-electron chi connectivity index (χ4n) is 1.96. The molecule has 0 radical (unpaired) electrons. The van der Waals surface area contributed by atoms with Crippen molar-refractivity contribution in [1.29, 1.82) is 0 Å². The van der Waals surface area contributed by atoms with Crippen LogP contribution in [-0.2, 0) is 9.47 Å². The third kappa shape index (κ3) is 4.36. The van der Waals surface area contributed by atoms with E-state index in [0.29, 0.717) is 13.2 Å². The van der Waals surface area contributed by atoms with Gasteiger partial charge in [0.25, 0.3) is 0 Å². The van der Waals surface area contributed by atoms with Gasteiger partial charge in [0.1, 0.15) is 0 Å². The third-order valence-electron chi connectivity index (χ3n) is 2.69. The lowest BCUT2D eigenvalue weighted by molar-refractivity contribution is 0.0630. The lowest BCUT2D eigenvalue weighted by atomic mass is 10.1. The highest BCUT2D eigenvalue weighted by Gasteiger charge is 2.22. The Morgan fingerprint density at radius 2 is 2.07 bits per heavy atom. The molecule has 86 valence electrons. The molecule has 0 spiro atoms. The van der Waals surface area contributed by atoms with Crippen LogP contribution in [0.2, 0.25) is 0 Å². The van der Waals surface area contributed by atoms with Gasteiger partial charge in [0.15, 0.2) is 0 Å². The molecule has 0 aromatic heterocycles. The SMILES string of the molecule is C1=C2CCC(C1)C2.CCOC(=O)OCC. The number of allylic oxidation sites excluding steroid dienone is 2. The molecule has 2 rings (SSSR count). The van der Waals surface area contributed by atoms with Gasteiger partial charge in [-0.05, 0) is 45.4 Å². The maximum Gasteiger partial charge on any atom is 0.508 e. The van der Waals surface area contributed by atoms with Crippen molar-refractivity contribution in [2.24, 2.45) is 5.92 Å². The molecular weight excluding hydrogens is 192 g/mol. The van der Waals surface area contributed by atoms with Crippen molar-refractivity contribution in [3.63, 3.8) is 0 Å². The van der Waals surface area contributed by atoms with Crippen molar-refractivity contribution < 1.29 is 14.3 Å². The van der Waals surface area contributed by atoms with Crippen LogP contribution in [0.5, 0.6) is 0 Å². The monoisotopic (exact) mass is 212 g/mol. The minimum atomic E-state index is -0.588. The molecule has 15 heavy (non-hydrogen) atoms. The minimum Gasteiger partial charge on any atom is -0.435 e. The highest BCUT2D eigenvalue weighted by Crippen LogP contribution is 2.38. The van der Waals surface area contributed by atoms with Gasteiger partial charge in [0.05, 0.1) is 13.2 Å². The number of fused-ring (bicyclic) bond motifs is 2. The Kier molecular flexibility index (Phi) is 5.22. The molecule has 2 aliphatic carbocycles. The molecule has 0 heterocycles. The fourth-order valence-corrected chi connectivity index (χ4v) is 1.96. The van der Waals surface area contributed by atoms with Gasteiger partial charge in [-0.2, -0.15) is 0 Å². The van der Waals surface area contributed by atoms with Crippen molar-refractivity contribution in [2.45, 2.75) is 39.5 Å². The topological polar surface area (TPSA) is 35.5 Å².